The summed E-state index contributed by atoms with van der Waals surface area (Å²) in [7, 11) is 1.78. The van der Waals surface area contributed by atoms with E-state index in [4.69, 9.17) is 10.5 Å². The summed E-state index contributed by atoms with van der Waals surface area (Å²) in [5.74, 6) is 0.272. The monoisotopic (exact) mass is 250 g/mol. The number of hydrogen-bond acceptors (Lipinski definition) is 4. The zero-order valence-corrected chi connectivity index (χ0v) is 10.4. The van der Waals surface area contributed by atoms with E-state index < -0.39 is 0 Å². The maximum absolute atomic E-state index is 12.0. The molecule has 0 radical (unpaired) electrons. The average Bonchev–Trinajstić information content (AvgIpc) is 2.82. The third-order valence-corrected chi connectivity index (χ3v) is 3.94. The predicted molar refractivity (Wildman–Crippen MR) is 64.9 cm³/mol. The fourth-order valence-corrected chi connectivity index (χ4v) is 2.90. The van der Waals surface area contributed by atoms with Gasteiger partial charge in [0, 0.05) is 31.8 Å². The number of carbonyl (C=O) groups is 1. The van der Waals surface area contributed by atoms with Crippen molar-refractivity contribution in [1.29, 1.82) is 0 Å². The summed E-state index contributed by atoms with van der Waals surface area (Å²) in [5, 5.41) is 6.94. The van der Waals surface area contributed by atoms with Gasteiger partial charge in [-0.1, -0.05) is 0 Å². The van der Waals surface area contributed by atoms with Gasteiger partial charge in [-0.3, -0.25) is 9.48 Å². The second-order valence-corrected chi connectivity index (χ2v) is 5.12. The summed E-state index contributed by atoms with van der Waals surface area (Å²) in [5.41, 5.74) is 6.65. The van der Waals surface area contributed by atoms with Crippen LogP contribution in [0.3, 0.4) is 0 Å². The van der Waals surface area contributed by atoms with Gasteiger partial charge in [0.1, 0.15) is 0 Å². The molecule has 0 aromatic carbocycles. The van der Waals surface area contributed by atoms with Crippen LogP contribution in [-0.4, -0.2) is 40.5 Å². The number of amides is 1. The van der Waals surface area contributed by atoms with E-state index in [1.54, 1.807) is 24.1 Å². The number of carbonyl (C=O) groups excluding carboxylic acids is 1. The van der Waals surface area contributed by atoms with Crippen molar-refractivity contribution in [2.24, 2.45) is 18.7 Å². The first-order chi connectivity index (χ1) is 8.66. The Kier molecular flexibility index (Phi) is 2.83. The normalized spacial score (nSPS) is 34.6. The van der Waals surface area contributed by atoms with Crippen molar-refractivity contribution in [3.8, 4) is 0 Å². The lowest BCUT2D eigenvalue weighted by Gasteiger charge is -2.52. The van der Waals surface area contributed by atoms with Crippen LogP contribution in [0.15, 0.2) is 12.4 Å². The molecule has 1 aliphatic carbocycles. The van der Waals surface area contributed by atoms with Crippen molar-refractivity contribution in [3.63, 3.8) is 0 Å². The van der Waals surface area contributed by atoms with Gasteiger partial charge < -0.3 is 15.8 Å². The number of nitrogens with two attached hydrogens (primary N) is 1. The molecule has 18 heavy (non-hydrogen) atoms. The van der Waals surface area contributed by atoms with Gasteiger partial charge in [0.05, 0.1) is 23.9 Å². The summed E-state index contributed by atoms with van der Waals surface area (Å²) >= 11 is 0. The Morgan fingerprint density at radius 3 is 3.22 bits per heavy atom. The van der Waals surface area contributed by atoms with Gasteiger partial charge in [0.25, 0.3) is 5.91 Å². The minimum absolute atomic E-state index is 0.0101. The number of hydrogen-bond donors (Lipinski definition) is 2. The molecule has 1 aromatic rings. The molecule has 6 nitrogen and oxygen atoms in total. The Labute approximate surface area is 105 Å². The number of ether oxygens (including phenoxy) is 1. The molecule has 1 aromatic heterocycles. The maximum Gasteiger partial charge on any atom is 0.254 e. The number of fused-ring (bicyclic) bond motifs is 1. The van der Waals surface area contributed by atoms with Crippen LogP contribution in [0, 0.1) is 5.92 Å². The molecule has 4 unspecified atom stereocenters. The molecule has 1 amide bonds. The van der Waals surface area contributed by atoms with E-state index in [1.807, 2.05) is 0 Å². The molecule has 3 rings (SSSR count). The van der Waals surface area contributed by atoms with Gasteiger partial charge in [-0.15, -0.1) is 0 Å². The number of nitrogens with zero attached hydrogens (tertiary/aromatic N) is 2. The molecular weight excluding hydrogens is 232 g/mol. The summed E-state index contributed by atoms with van der Waals surface area (Å²) in [6.45, 7) is 0.771. The van der Waals surface area contributed by atoms with Crippen molar-refractivity contribution >= 4 is 5.91 Å². The largest absolute Gasteiger partial charge is 0.376 e. The third-order valence-electron chi connectivity index (χ3n) is 3.94. The highest BCUT2D eigenvalue weighted by molar-refractivity contribution is 5.94. The second kappa shape index (κ2) is 4.37. The van der Waals surface area contributed by atoms with Crippen molar-refractivity contribution in [2.75, 3.05) is 6.61 Å². The number of aromatic nitrogens is 2. The van der Waals surface area contributed by atoms with Crippen LogP contribution in [0.25, 0.3) is 0 Å². The molecule has 4 atom stereocenters. The molecule has 0 spiro atoms. The highest BCUT2D eigenvalue weighted by Gasteiger charge is 2.51. The molecule has 98 valence electrons. The van der Waals surface area contributed by atoms with Crippen LogP contribution >= 0.6 is 0 Å². The summed E-state index contributed by atoms with van der Waals surface area (Å²) in [6.07, 6.45) is 5.51. The Hall–Kier alpha value is -1.40. The number of rotatable bonds is 2. The van der Waals surface area contributed by atoms with Gasteiger partial charge in [-0.2, -0.15) is 5.10 Å². The zero-order valence-electron chi connectivity index (χ0n) is 10.4. The van der Waals surface area contributed by atoms with Crippen LogP contribution in [-0.2, 0) is 11.8 Å². The van der Waals surface area contributed by atoms with Crippen LogP contribution in [0.2, 0.25) is 0 Å². The molecule has 1 saturated heterocycles. The van der Waals surface area contributed by atoms with E-state index in [0.29, 0.717) is 11.5 Å². The molecular formula is C12H18N4O2. The van der Waals surface area contributed by atoms with Gasteiger partial charge in [0.15, 0.2) is 0 Å². The molecule has 3 N–H and O–H groups in total. The van der Waals surface area contributed by atoms with Gasteiger partial charge in [0.2, 0.25) is 0 Å². The first-order valence-corrected chi connectivity index (χ1v) is 6.33. The van der Waals surface area contributed by atoms with Crippen LogP contribution in [0.1, 0.15) is 23.2 Å². The lowest BCUT2D eigenvalue weighted by molar-refractivity contribution is -0.117. The highest BCUT2D eigenvalue weighted by Crippen LogP contribution is 2.37. The standard InChI is InChI=1S/C12H18N4O2/c1-16-6-7(5-14-16)12(17)15-10-9(13)8-3-2-4-18-11(8)10/h5-6,8-11H,2-4,13H2,1H3,(H,15,17). The Bertz CT molecular complexity index is 459. The zero-order chi connectivity index (χ0) is 12.7. The maximum atomic E-state index is 12.0. The van der Waals surface area contributed by atoms with Gasteiger partial charge in [-0.25, -0.2) is 0 Å². The lowest BCUT2D eigenvalue weighted by atomic mass is 9.68. The molecule has 2 fully saturated rings. The van der Waals surface area contributed by atoms with Crippen LogP contribution in [0.4, 0.5) is 0 Å². The smallest absolute Gasteiger partial charge is 0.254 e. The fraction of sp³-hybridized carbons (Fsp3) is 0.667. The Morgan fingerprint density at radius 2 is 2.50 bits per heavy atom. The van der Waals surface area contributed by atoms with E-state index in [0.717, 1.165) is 19.4 Å². The van der Waals surface area contributed by atoms with Crippen molar-refractivity contribution in [1.82, 2.24) is 15.1 Å². The van der Waals surface area contributed by atoms with Crippen LogP contribution in [0.5, 0.6) is 0 Å². The minimum atomic E-state index is -0.129. The first kappa shape index (κ1) is 11.7. The highest BCUT2D eigenvalue weighted by atomic mass is 16.5. The van der Waals surface area contributed by atoms with Gasteiger partial charge >= 0.3 is 0 Å². The summed E-state index contributed by atoms with van der Waals surface area (Å²) in [6, 6.07) is -0.0565. The van der Waals surface area contributed by atoms with Crippen LogP contribution < -0.4 is 11.1 Å². The summed E-state index contributed by atoms with van der Waals surface area (Å²) in [4.78, 5) is 12.0. The fourth-order valence-electron chi connectivity index (χ4n) is 2.90. The third kappa shape index (κ3) is 1.81. The van der Waals surface area contributed by atoms with Gasteiger partial charge in [-0.05, 0) is 12.8 Å². The Morgan fingerprint density at radius 1 is 1.67 bits per heavy atom. The van der Waals surface area contributed by atoms with Crippen molar-refractivity contribution < 1.29 is 9.53 Å². The molecule has 1 saturated carbocycles. The lowest BCUT2D eigenvalue weighted by Crippen LogP contribution is -2.72. The Balaban J connectivity index is 1.64. The number of aryl methyl sites for hydroxylation is 1. The molecule has 2 aliphatic rings. The van der Waals surface area contributed by atoms with E-state index in [1.165, 1.54) is 0 Å². The SMILES string of the molecule is Cn1cc(C(=O)NC2C(N)C3CCCOC32)cn1. The minimum Gasteiger partial charge on any atom is -0.376 e. The average molecular weight is 250 g/mol. The summed E-state index contributed by atoms with van der Waals surface area (Å²) < 4.78 is 7.29. The molecule has 2 heterocycles. The topological polar surface area (TPSA) is 82.2 Å². The predicted octanol–water partition coefficient (Wildman–Crippen LogP) is -0.345. The quantitative estimate of drug-likeness (QED) is 0.752. The van der Waals surface area contributed by atoms with E-state index in [9.17, 15) is 4.79 Å². The van der Waals surface area contributed by atoms with E-state index >= 15 is 0 Å². The van der Waals surface area contributed by atoms with E-state index in [2.05, 4.69) is 10.4 Å². The number of nitrogens with one attached hydrogen (secondary N) is 1. The van der Waals surface area contributed by atoms with E-state index in [-0.39, 0.29) is 24.1 Å². The molecule has 1 aliphatic heterocycles. The van der Waals surface area contributed by atoms with Crippen molar-refractivity contribution in [3.05, 3.63) is 18.0 Å². The molecule has 6 heteroatoms. The second-order valence-electron chi connectivity index (χ2n) is 5.12. The van der Waals surface area contributed by atoms with Crippen molar-refractivity contribution in [2.45, 2.75) is 31.0 Å². The molecule has 0 bridgehead atoms. The first-order valence-electron chi connectivity index (χ1n) is 6.33.